The molecular formula is C12H11ClFN3. The number of hydrogen-bond donors (Lipinski definition) is 1. The second kappa shape index (κ2) is 4.13. The maximum Gasteiger partial charge on any atom is 0.131 e. The van der Waals surface area contributed by atoms with Gasteiger partial charge in [-0.2, -0.15) is 5.10 Å². The molecular weight excluding hydrogens is 241 g/mol. The van der Waals surface area contributed by atoms with Crippen LogP contribution in [0.4, 0.5) is 4.39 Å². The minimum Gasteiger partial charge on any atom is -0.309 e. The summed E-state index contributed by atoms with van der Waals surface area (Å²) < 4.78 is 15.7. The van der Waals surface area contributed by atoms with E-state index in [-0.39, 0.29) is 5.82 Å². The van der Waals surface area contributed by atoms with Crippen molar-refractivity contribution in [3.05, 3.63) is 40.9 Å². The number of fused-ring (bicyclic) bond motifs is 1. The summed E-state index contributed by atoms with van der Waals surface area (Å²) in [6, 6.07) is 4.58. The molecule has 3 rings (SSSR count). The Hall–Kier alpha value is -1.39. The molecule has 0 amide bonds. The standard InChI is InChI=1S/C12H11ClFN3/c13-8-1-2-11(14)9(5-8)10-6-16-17-4-3-15-7-12(10)17/h1-2,5-6,15H,3-4,7H2. The molecule has 0 spiro atoms. The van der Waals surface area contributed by atoms with Crippen LogP contribution in [-0.2, 0) is 13.1 Å². The Bertz CT molecular complexity index is 565. The summed E-state index contributed by atoms with van der Waals surface area (Å²) >= 11 is 5.91. The maximum absolute atomic E-state index is 13.8. The fourth-order valence-electron chi connectivity index (χ4n) is 2.11. The lowest BCUT2D eigenvalue weighted by atomic mass is 10.1. The van der Waals surface area contributed by atoms with E-state index in [1.54, 1.807) is 18.3 Å². The highest BCUT2D eigenvalue weighted by Crippen LogP contribution is 2.29. The number of nitrogens with zero attached hydrogens (tertiary/aromatic N) is 2. The summed E-state index contributed by atoms with van der Waals surface area (Å²) in [6.45, 7) is 2.42. The van der Waals surface area contributed by atoms with Gasteiger partial charge < -0.3 is 5.32 Å². The van der Waals surface area contributed by atoms with Crippen LogP contribution >= 0.6 is 11.6 Å². The van der Waals surface area contributed by atoms with Gasteiger partial charge in [0.15, 0.2) is 0 Å². The van der Waals surface area contributed by atoms with Crippen molar-refractivity contribution < 1.29 is 4.39 Å². The van der Waals surface area contributed by atoms with E-state index in [2.05, 4.69) is 10.4 Å². The smallest absolute Gasteiger partial charge is 0.131 e. The van der Waals surface area contributed by atoms with Gasteiger partial charge in [0, 0.05) is 29.2 Å². The monoisotopic (exact) mass is 251 g/mol. The van der Waals surface area contributed by atoms with Gasteiger partial charge in [0.2, 0.25) is 0 Å². The first-order chi connectivity index (χ1) is 8.25. The van der Waals surface area contributed by atoms with Crippen molar-refractivity contribution in [1.29, 1.82) is 0 Å². The van der Waals surface area contributed by atoms with E-state index in [1.165, 1.54) is 6.07 Å². The molecule has 1 aromatic heterocycles. The van der Waals surface area contributed by atoms with Crippen LogP contribution in [0.5, 0.6) is 0 Å². The van der Waals surface area contributed by atoms with E-state index in [4.69, 9.17) is 11.6 Å². The molecule has 0 fully saturated rings. The van der Waals surface area contributed by atoms with Crippen LogP contribution in [0.25, 0.3) is 11.1 Å². The van der Waals surface area contributed by atoms with Gasteiger partial charge >= 0.3 is 0 Å². The molecule has 5 heteroatoms. The van der Waals surface area contributed by atoms with Crippen molar-refractivity contribution in [2.75, 3.05) is 6.54 Å². The molecule has 3 nitrogen and oxygen atoms in total. The second-order valence-corrected chi connectivity index (χ2v) is 4.47. The third kappa shape index (κ3) is 1.83. The van der Waals surface area contributed by atoms with E-state index in [1.807, 2.05) is 4.68 Å². The lowest BCUT2D eigenvalue weighted by Crippen LogP contribution is -2.28. The van der Waals surface area contributed by atoms with Crippen molar-refractivity contribution in [3.8, 4) is 11.1 Å². The summed E-state index contributed by atoms with van der Waals surface area (Å²) in [5.74, 6) is -0.268. The van der Waals surface area contributed by atoms with Crippen LogP contribution < -0.4 is 5.32 Å². The molecule has 1 aromatic carbocycles. The van der Waals surface area contributed by atoms with Crippen LogP contribution in [-0.4, -0.2) is 16.3 Å². The molecule has 2 heterocycles. The minimum absolute atomic E-state index is 0.268. The average Bonchev–Trinajstić information content (AvgIpc) is 2.76. The Morgan fingerprint density at radius 2 is 2.24 bits per heavy atom. The van der Waals surface area contributed by atoms with Crippen LogP contribution in [0.2, 0.25) is 5.02 Å². The number of halogens is 2. The molecule has 1 N–H and O–H groups in total. The number of rotatable bonds is 1. The molecule has 1 aliphatic rings. The first-order valence-electron chi connectivity index (χ1n) is 5.46. The molecule has 0 radical (unpaired) electrons. The first-order valence-corrected chi connectivity index (χ1v) is 5.84. The molecule has 0 unspecified atom stereocenters. The van der Waals surface area contributed by atoms with Gasteiger partial charge in [-0.3, -0.25) is 4.68 Å². The SMILES string of the molecule is Fc1ccc(Cl)cc1-c1cnn2c1CNCC2. The number of benzene rings is 1. The lowest BCUT2D eigenvalue weighted by molar-refractivity contribution is 0.476. The molecule has 0 saturated heterocycles. The maximum atomic E-state index is 13.8. The van der Waals surface area contributed by atoms with Crippen LogP contribution in [0.3, 0.4) is 0 Å². The normalized spacial score (nSPS) is 14.7. The number of aromatic nitrogens is 2. The Morgan fingerprint density at radius 3 is 3.12 bits per heavy atom. The van der Waals surface area contributed by atoms with Crippen LogP contribution in [0.1, 0.15) is 5.69 Å². The van der Waals surface area contributed by atoms with E-state index in [0.29, 0.717) is 17.1 Å². The highest BCUT2D eigenvalue weighted by molar-refractivity contribution is 6.30. The highest BCUT2D eigenvalue weighted by atomic mass is 35.5. The topological polar surface area (TPSA) is 29.9 Å². The van der Waals surface area contributed by atoms with Crippen molar-refractivity contribution in [1.82, 2.24) is 15.1 Å². The minimum atomic E-state index is -0.268. The predicted octanol–water partition coefficient (Wildman–Crippen LogP) is 2.45. The molecule has 1 aliphatic heterocycles. The Balaban J connectivity index is 2.15. The molecule has 0 saturated carbocycles. The largest absolute Gasteiger partial charge is 0.309 e. The third-order valence-electron chi connectivity index (χ3n) is 2.96. The summed E-state index contributed by atoms with van der Waals surface area (Å²) in [5, 5.41) is 8.06. The van der Waals surface area contributed by atoms with Gasteiger partial charge in [-0.05, 0) is 18.2 Å². The van der Waals surface area contributed by atoms with E-state index >= 15 is 0 Å². The fourth-order valence-corrected chi connectivity index (χ4v) is 2.28. The zero-order valence-electron chi connectivity index (χ0n) is 9.08. The van der Waals surface area contributed by atoms with Crippen molar-refractivity contribution in [2.24, 2.45) is 0 Å². The third-order valence-corrected chi connectivity index (χ3v) is 3.20. The Labute approximate surface area is 103 Å². The zero-order valence-corrected chi connectivity index (χ0v) is 9.84. The molecule has 2 aromatic rings. The number of nitrogens with one attached hydrogen (secondary N) is 1. The van der Waals surface area contributed by atoms with Gasteiger partial charge in [-0.15, -0.1) is 0 Å². The summed E-state index contributed by atoms with van der Waals surface area (Å²) in [7, 11) is 0. The fraction of sp³-hybridized carbons (Fsp3) is 0.250. The quantitative estimate of drug-likeness (QED) is 0.844. The van der Waals surface area contributed by atoms with Gasteiger partial charge in [-0.1, -0.05) is 11.6 Å². The summed E-state index contributed by atoms with van der Waals surface area (Å²) in [5.41, 5.74) is 2.34. The predicted molar refractivity (Wildman–Crippen MR) is 64.3 cm³/mol. The van der Waals surface area contributed by atoms with Crippen LogP contribution in [0.15, 0.2) is 24.4 Å². The second-order valence-electron chi connectivity index (χ2n) is 4.03. The Morgan fingerprint density at radius 1 is 1.35 bits per heavy atom. The average molecular weight is 252 g/mol. The Kier molecular flexibility index (Phi) is 2.61. The van der Waals surface area contributed by atoms with E-state index in [0.717, 1.165) is 24.3 Å². The van der Waals surface area contributed by atoms with Crippen LogP contribution in [0, 0.1) is 5.82 Å². The van der Waals surface area contributed by atoms with Crippen molar-refractivity contribution in [3.63, 3.8) is 0 Å². The van der Waals surface area contributed by atoms with Gasteiger partial charge in [0.05, 0.1) is 18.4 Å². The highest BCUT2D eigenvalue weighted by Gasteiger charge is 2.17. The molecule has 0 atom stereocenters. The number of hydrogen-bond acceptors (Lipinski definition) is 2. The summed E-state index contributed by atoms with van der Waals surface area (Å²) in [6.07, 6.45) is 1.71. The lowest BCUT2D eigenvalue weighted by Gasteiger charge is -2.16. The first kappa shape index (κ1) is 10.7. The zero-order chi connectivity index (χ0) is 11.8. The molecule has 0 bridgehead atoms. The summed E-state index contributed by atoms with van der Waals surface area (Å²) in [4.78, 5) is 0. The van der Waals surface area contributed by atoms with Gasteiger partial charge in [-0.25, -0.2) is 4.39 Å². The van der Waals surface area contributed by atoms with Gasteiger partial charge in [0.25, 0.3) is 0 Å². The molecule has 17 heavy (non-hydrogen) atoms. The van der Waals surface area contributed by atoms with Crippen molar-refractivity contribution in [2.45, 2.75) is 13.1 Å². The van der Waals surface area contributed by atoms with Crippen molar-refractivity contribution >= 4 is 11.6 Å². The van der Waals surface area contributed by atoms with Gasteiger partial charge in [0.1, 0.15) is 5.82 Å². The molecule has 88 valence electrons. The van der Waals surface area contributed by atoms with E-state index in [9.17, 15) is 4.39 Å². The molecule has 0 aliphatic carbocycles. The van der Waals surface area contributed by atoms with E-state index < -0.39 is 0 Å².